The van der Waals surface area contributed by atoms with Crippen molar-refractivity contribution in [1.29, 1.82) is 0 Å². The molecule has 0 radical (unpaired) electrons. The van der Waals surface area contributed by atoms with E-state index in [0.717, 1.165) is 18.1 Å². The number of nitrogens with zero attached hydrogens (tertiary/aromatic N) is 2. The van der Waals surface area contributed by atoms with Gasteiger partial charge in [-0.25, -0.2) is 9.37 Å². The van der Waals surface area contributed by atoms with Crippen LogP contribution in [0.3, 0.4) is 0 Å². The van der Waals surface area contributed by atoms with E-state index in [2.05, 4.69) is 34.4 Å². The van der Waals surface area contributed by atoms with Crippen LogP contribution >= 0.6 is 0 Å². The third kappa shape index (κ3) is 5.12. The van der Waals surface area contributed by atoms with Crippen molar-refractivity contribution in [1.82, 2.24) is 9.97 Å². The third-order valence-electron chi connectivity index (χ3n) is 4.46. The van der Waals surface area contributed by atoms with E-state index in [1.54, 1.807) is 36.9 Å². The molecule has 1 amide bonds. The first-order valence-corrected chi connectivity index (χ1v) is 9.60. The number of pyridine rings is 2. The van der Waals surface area contributed by atoms with Crippen LogP contribution in [0.2, 0.25) is 0 Å². The maximum Gasteiger partial charge on any atom is 0.252 e. The molecule has 1 atom stereocenters. The molecule has 0 fully saturated rings. The van der Waals surface area contributed by atoms with Gasteiger partial charge in [-0.2, -0.15) is 0 Å². The summed E-state index contributed by atoms with van der Waals surface area (Å²) in [6.45, 7) is 4.43. The Morgan fingerprint density at radius 3 is 2.70 bits per heavy atom. The van der Waals surface area contributed by atoms with Gasteiger partial charge in [-0.1, -0.05) is 13.8 Å². The Labute approximate surface area is 173 Å². The SMILES string of the molecule is CC(C)C[C@H](CN)Nc1nc(Nc2ccnc(-c3ccoc3)c2)c(C(N)=O)cc1F. The number of primary amides is 1. The molecule has 3 heterocycles. The number of hydrogen-bond acceptors (Lipinski definition) is 7. The van der Waals surface area contributed by atoms with E-state index < -0.39 is 11.7 Å². The molecule has 0 spiro atoms. The highest BCUT2D eigenvalue weighted by Crippen LogP contribution is 2.27. The number of rotatable bonds is 9. The number of carbonyl (C=O) groups is 1. The van der Waals surface area contributed by atoms with E-state index in [4.69, 9.17) is 15.9 Å². The lowest BCUT2D eigenvalue weighted by molar-refractivity contribution is 0.100. The first kappa shape index (κ1) is 21.3. The van der Waals surface area contributed by atoms with E-state index in [0.29, 0.717) is 23.8 Å². The number of anilines is 3. The van der Waals surface area contributed by atoms with Crippen LogP contribution in [0, 0.1) is 11.7 Å². The highest BCUT2D eigenvalue weighted by molar-refractivity contribution is 5.98. The Hall–Kier alpha value is -3.46. The van der Waals surface area contributed by atoms with Gasteiger partial charge in [0.1, 0.15) is 5.82 Å². The van der Waals surface area contributed by atoms with E-state index in [-0.39, 0.29) is 23.2 Å². The van der Waals surface area contributed by atoms with Crippen LogP contribution in [0.15, 0.2) is 47.4 Å². The van der Waals surface area contributed by atoms with Crippen LogP contribution in [-0.4, -0.2) is 28.5 Å². The lowest BCUT2D eigenvalue weighted by Gasteiger charge is -2.21. The van der Waals surface area contributed by atoms with Crippen molar-refractivity contribution >= 4 is 23.2 Å². The van der Waals surface area contributed by atoms with Crippen molar-refractivity contribution in [2.75, 3.05) is 17.2 Å². The van der Waals surface area contributed by atoms with Crippen molar-refractivity contribution in [2.24, 2.45) is 17.4 Å². The Morgan fingerprint density at radius 1 is 1.27 bits per heavy atom. The van der Waals surface area contributed by atoms with Gasteiger partial charge in [0.15, 0.2) is 11.6 Å². The monoisotopic (exact) mass is 412 g/mol. The normalized spacial score (nSPS) is 12.0. The minimum absolute atomic E-state index is 0.00251. The summed E-state index contributed by atoms with van der Waals surface area (Å²) in [5.74, 6) is -0.962. The molecule has 6 N–H and O–H groups in total. The van der Waals surface area contributed by atoms with Crippen LogP contribution < -0.4 is 22.1 Å². The number of hydrogen-bond donors (Lipinski definition) is 4. The summed E-state index contributed by atoms with van der Waals surface area (Å²) < 4.78 is 19.7. The van der Waals surface area contributed by atoms with Crippen molar-refractivity contribution in [3.63, 3.8) is 0 Å². The van der Waals surface area contributed by atoms with Crippen molar-refractivity contribution in [3.05, 3.63) is 54.4 Å². The summed E-state index contributed by atoms with van der Waals surface area (Å²) in [7, 11) is 0. The molecule has 158 valence electrons. The molecule has 3 aromatic rings. The quantitative estimate of drug-likeness (QED) is 0.423. The van der Waals surface area contributed by atoms with Gasteiger partial charge in [0, 0.05) is 30.0 Å². The zero-order chi connectivity index (χ0) is 21.7. The van der Waals surface area contributed by atoms with Gasteiger partial charge in [0.2, 0.25) is 0 Å². The van der Waals surface area contributed by atoms with Crippen LogP contribution in [0.4, 0.5) is 21.7 Å². The molecular formula is C21H25FN6O2. The van der Waals surface area contributed by atoms with E-state index >= 15 is 0 Å². The van der Waals surface area contributed by atoms with Crippen molar-refractivity contribution < 1.29 is 13.6 Å². The van der Waals surface area contributed by atoms with Gasteiger partial charge < -0.3 is 26.5 Å². The molecule has 3 aromatic heterocycles. The predicted molar refractivity (Wildman–Crippen MR) is 114 cm³/mol. The summed E-state index contributed by atoms with van der Waals surface area (Å²) in [5, 5.41) is 6.06. The maximum absolute atomic E-state index is 14.6. The molecule has 0 unspecified atom stereocenters. The van der Waals surface area contributed by atoms with Gasteiger partial charge in [-0.3, -0.25) is 9.78 Å². The number of aromatic nitrogens is 2. The number of carbonyl (C=O) groups excluding carboxylic acids is 1. The van der Waals surface area contributed by atoms with Gasteiger partial charge in [-0.05, 0) is 36.6 Å². The molecule has 0 aliphatic rings. The highest BCUT2D eigenvalue weighted by atomic mass is 19.1. The summed E-state index contributed by atoms with van der Waals surface area (Å²) >= 11 is 0. The molecule has 0 saturated carbocycles. The highest BCUT2D eigenvalue weighted by Gasteiger charge is 2.19. The maximum atomic E-state index is 14.6. The molecule has 3 rings (SSSR count). The molecule has 0 aliphatic carbocycles. The first-order valence-electron chi connectivity index (χ1n) is 9.60. The second-order valence-corrected chi connectivity index (χ2v) is 7.35. The lowest BCUT2D eigenvalue weighted by atomic mass is 10.0. The molecule has 0 saturated heterocycles. The Bertz CT molecular complexity index is 1010. The fraction of sp³-hybridized carbons (Fsp3) is 0.286. The van der Waals surface area contributed by atoms with E-state index in [9.17, 15) is 9.18 Å². The molecular weight excluding hydrogens is 387 g/mol. The summed E-state index contributed by atoms with van der Waals surface area (Å²) in [6.07, 6.45) is 5.47. The van der Waals surface area contributed by atoms with Crippen LogP contribution in [0.5, 0.6) is 0 Å². The third-order valence-corrected chi connectivity index (χ3v) is 4.46. The Balaban J connectivity index is 1.93. The summed E-state index contributed by atoms with van der Waals surface area (Å²) in [5.41, 5.74) is 13.2. The molecule has 0 bridgehead atoms. The second-order valence-electron chi connectivity index (χ2n) is 7.35. The lowest BCUT2D eigenvalue weighted by Crippen LogP contribution is -2.31. The van der Waals surface area contributed by atoms with Crippen molar-refractivity contribution in [3.8, 4) is 11.3 Å². The summed E-state index contributed by atoms with van der Waals surface area (Å²) in [6, 6.07) is 6.15. The molecule has 0 aliphatic heterocycles. The number of nitrogens with one attached hydrogen (secondary N) is 2. The van der Waals surface area contributed by atoms with Gasteiger partial charge in [0.25, 0.3) is 5.91 Å². The number of halogens is 1. The largest absolute Gasteiger partial charge is 0.472 e. The predicted octanol–water partition coefficient (Wildman–Crippen LogP) is 3.50. The minimum atomic E-state index is -0.794. The summed E-state index contributed by atoms with van der Waals surface area (Å²) in [4.78, 5) is 20.4. The van der Waals surface area contributed by atoms with Gasteiger partial charge in [-0.15, -0.1) is 0 Å². The van der Waals surface area contributed by atoms with Crippen LogP contribution in [0.25, 0.3) is 11.3 Å². The average molecular weight is 412 g/mol. The zero-order valence-corrected chi connectivity index (χ0v) is 16.9. The van der Waals surface area contributed by atoms with Gasteiger partial charge in [0.05, 0.1) is 23.8 Å². The molecule has 0 aromatic carbocycles. The minimum Gasteiger partial charge on any atom is -0.472 e. The molecule has 8 nitrogen and oxygen atoms in total. The van der Waals surface area contributed by atoms with Crippen molar-refractivity contribution in [2.45, 2.75) is 26.3 Å². The number of nitrogens with two attached hydrogens (primary N) is 2. The average Bonchev–Trinajstić information content (AvgIpc) is 3.24. The second kappa shape index (κ2) is 9.36. The standard InChI is InChI=1S/C21H25FN6O2/c1-12(2)7-15(10-23)27-21-17(22)9-16(19(24)29)20(28-21)26-14-3-5-25-18(8-14)13-4-6-30-11-13/h3-6,8-9,11-12,15H,7,10,23H2,1-2H3,(H2,24,29)(H2,25,26,27,28)/t15-/m1/s1. The van der Waals surface area contributed by atoms with E-state index in [1.807, 2.05) is 0 Å². The first-order chi connectivity index (χ1) is 14.4. The Kier molecular flexibility index (Phi) is 6.63. The van der Waals surface area contributed by atoms with Crippen LogP contribution in [0.1, 0.15) is 30.6 Å². The fourth-order valence-electron chi connectivity index (χ4n) is 3.06. The van der Waals surface area contributed by atoms with E-state index in [1.165, 1.54) is 0 Å². The number of furan rings is 1. The molecule has 30 heavy (non-hydrogen) atoms. The van der Waals surface area contributed by atoms with Crippen LogP contribution in [-0.2, 0) is 0 Å². The molecule has 9 heteroatoms. The Morgan fingerprint density at radius 2 is 2.07 bits per heavy atom. The number of amides is 1. The smallest absolute Gasteiger partial charge is 0.252 e. The fourth-order valence-corrected chi connectivity index (χ4v) is 3.06. The van der Waals surface area contributed by atoms with Gasteiger partial charge >= 0.3 is 0 Å². The zero-order valence-electron chi connectivity index (χ0n) is 16.9. The topological polar surface area (TPSA) is 132 Å².